The maximum atomic E-state index is 12.5. The number of amides is 1. The largest absolute Gasteiger partial charge is 0.497 e. The summed E-state index contributed by atoms with van der Waals surface area (Å²) in [6, 6.07) is 6.93. The lowest BCUT2D eigenvalue weighted by Gasteiger charge is -2.14. The molecule has 3 rings (SSSR count). The Morgan fingerprint density at radius 2 is 1.83 bits per heavy atom. The molecular formula is C20H20N2O5S2. The normalized spacial score (nSPS) is 11.6. The van der Waals surface area contributed by atoms with E-state index < -0.39 is 18.0 Å². The Balaban J connectivity index is 1.68. The highest BCUT2D eigenvalue weighted by Crippen LogP contribution is 2.30. The highest BCUT2D eigenvalue weighted by Gasteiger charge is 2.23. The molecule has 1 amide bonds. The molecular weight excluding hydrogens is 412 g/mol. The van der Waals surface area contributed by atoms with Crippen molar-refractivity contribution in [1.82, 2.24) is 4.98 Å². The summed E-state index contributed by atoms with van der Waals surface area (Å²) in [7, 11) is 3.04. The van der Waals surface area contributed by atoms with E-state index >= 15 is 0 Å². The van der Waals surface area contributed by atoms with Gasteiger partial charge in [0.25, 0.3) is 5.91 Å². The molecule has 29 heavy (non-hydrogen) atoms. The van der Waals surface area contributed by atoms with Crippen molar-refractivity contribution in [3.63, 3.8) is 0 Å². The molecule has 0 aliphatic heterocycles. The molecule has 0 saturated heterocycles. The van der Waals surface area contributed by atoms with Gasteiger partial charge in [-0.25, -0.2) is 9.78 Å². The van der Waals surface area contributed by atoms with E-state index in [2.05, 4.69) is 10.3 Å². The number of esters is 1. The number of hydrogen-bond donors (Lipinski definition) is 1. The lowest BCUT2D eigenvalue weighted by atomic mass is 10.2. The van der Waals surface area contributed by atoms with Crippen molar-refractivity contribution >= 4 is 40.2 Å². The van der Waals surface area contributed by atoms with Crippen LogP contribution in [0.4, 0.5) is 5.69 Å². The van der Waals surface area contributed by atoms with Crippen molar-refractivity contribution in [3.8, 4) is 22.1 Å². The smallest absolute Gasteiger partial charge is 0.351 e. The van der Waals surface area contributed by atoms with Gasteiger partial charge in [0.15, 0.2) is 6.10 Å². The molecule has 0 saturated carbocycles. The number of rotatable bonds is 7. The number of nitrogens with one attached hydrogen (secondary N) is 1. The molecule has 9 heteroatoms. The standard InChI is InChI=1S/C20H20N2O5S2/c1-11-17(29-19(21-11)13-5-6-28-10-13)20(24)27-12(2)18(23)22-14-7-15(25-3)9-16(8-14)26-4/h5-10,12H,1-4H3,(H,22,23)/t12-/m0/s1. The number of ether oxygens (including phenoxy) is 3. The second kappa shape index (κ2) is 9.06. The summed E-state index contributed by atoms with van der Waals surface area (Å²) in [6.07, 6.45) is -0.995. The number of anilines is 1. The summed E-state index contributed by atoms with van der Waals surface area (Å²) in [5.41, 5.74) is 2.01. The van der Waals surface area contributed by atoms with Gasteiger partial charge in [-0.05, 0) is 25.3 Å². The Morgan fingerprint density at radius 1 is 1.14 bits per heavy atom. The van der Waals surface area contributed by atoms with Crippen LogP contribution in [0.1, 0.15) is 22.3 Å². The van der Waals surface area contributed by atoms with E-state index in [0.717, 1.165) is 10.6 Å². The van der Waals surface area contributed by atoms with Crippen molar-refractivity contribution in [3.05, 3.63) is 45.6 Å². The Labute approximate surface area is 176 Å². The van der Waals surface area contributed by atoms with Crippen LogP contribution in [-0.2, 0) is 9.53 Å². The predicted octanol–water partition coefficient (Wildman–Crippen LogP) is 4.38. The fourth-order valence-electron chi connectivity index (χ4n) is 2.49. The molecule has 1 aromatic carbocycles. The summed E-state index contributed by atoms with van der Waals surface area (Å²) >= 11 is 2.81. The molecule has 0 spiro atoms. The molecule has 3 aromatic rings. The maximum absolute atomic E-state index is 12.5. The van der Waals surface area contributed by atoms with E-state index in [4.69, 9.17) is 14.2 Å². The molecule has 152 valence electrons. The average Bonchev–Trinajstić information content (AvgIpc) is 3.37. The first-order chi connectivity index (χ1) is 13.9. The molecule has 0 aliphatic rings. The highest BCUT2D eigenvalue weighted by molar-refractivity contribution is 7.17. The quantitative estimate of drug-likeness (QED) is 0.558. The van der Waals surface area contributed by atoms with Crippen LogP contribution < -0.4 is 14.8 Å². The average molecular weight is 433 g/mol. The van der Waals surface area contributed by atoms with Crippen LogP contribution in [0.5, 0.6) is 11.5 Å². The summed E-state index contributed by atoms with van der Waals surface area (Å²) < 4.78 is 15.7. The predicted molar refractivity (Wildman–Crippen MR) is 113 cm³/mol. The third-order valence-corrected chi connectivity index (χ3v) is 5.89. The lowest BCUT2D eigenvalue weighted by molar-refractivity contribution is -0.123. The molecule has 0 bridgehead atoms. The maximum Gasteiger partial charge on any atom is 0.351 e. The number of methoxy groups -OCH3 is 2. The molecule has 0 aliphatic carbocycles. The number of benzene rings is 1. The molecule has 0 radical (unpaired) electrons. The van der Waals surface area contributed by atoms with E-state index in [0.29, 0.717) is 27.8 Å². The van der Waals surface area contributed by atoms with Crippen LogP contribution in [0.3, 0.4) is 0 Å². The molecule has 7 nitrogen and oxygen atoms in total. The van der Waals surface area contributed by atoms with Crippen LogP contribution in [-0.4, -0.2) is 37.2 Å². The van der Waals surface area contributed by atoms with Crippen LogP contribution in [0, 0.1) is 6.92 Å². The number of thiophene rings is 1. The Morgan fingerprint density at radius 3 is 2.41 bits per heavy atom. The first-order valence-electron chi connectivity index (χ1n) is 8.66. The van der Waals surface area contributed by atoms with Gasteiger partial charge in [0, 0.05) is 34.8 Å². The summed E-state index contributed by atoms with van der Waals surface area (Å²) in [5.74, 6) is 0.0253. The minimum absolute atomic E-state index is 0.383. The van der Waals surface area contributed by atoms with Gasteiger partial charge >= 0.3 is 5.97 Å². The van der Waals surface area contributed by atoms with Crippen LogP contribution >= 0.6 is 22.7 Å². The topological polar surface area (TPSA) is 86.8 Å². The molecule has 2 aromatic heterocycles. The SMILES string of the molecule is COc1cc(NC(=O)[C@H](C)OC(=O)c2sc(-c3ccsc3)nc2C)cc(OC)c1. The van der Waals surface area contributed by atoms with Gasteiger partial charge in [0.05, 0.1) is 19.9 Å². The van der Waals surface area contributed by atoms with Crippen LogP contribution in [0.25, 0.3) is 10.6 Å². The number of aromatic nitrogens is 1. The van der Waals surface area contributed by atoms with Crippen molar-refractivity contribution in [2.24, 2.45) is 0 Å². The number of thiazole rings is 1. The van der Waals surface area contributed by atoms with Gasteiger partial charge in [-0.15, -0.1) is 11.3 Å². The minimum Gasteiger partial charge on any atom is -0.497 e. The number of carbonyl (C=O) groups is 2. The summed E-state index contributed by atoms with van der Waals surface area (Å²) in [4.78, 5) is 29.8. The fraction of sp³-hybridized carbons (Fsp3) is 0.250. The minimum atomic E-state index is -0.995. The molecule has 0 unspecified atom stereocenters. The third-order valence-electron chi connectivity index (χ3n) is 4.02. The van der Waals surface area contributed by atoms with Gasteiger partial charge in [-0.1, -0.05) is 0 Å². The second-order valence-electron chi connectivity index (χ2n) is 6.08. The zero-order chi connectivity index (χ0) is 21.0. The lowest BCUT2D eigenvalue weighted by Crippen LogP contribution is -2.30. The van der Waals surface area contributed by atoms with E-state index in [1.807, 2.05) is 16.8 Å². The third kappa shape index (κ3) is 4.93. The van der Waals surface area contributed by atoms with Crippen LogP contribution in [0.2, 0.25) is 0 Å². The molecule has 1 N–H and O–H groups in total. The Kier molecular flexibility index (Phi) is 6.50. The number of aryl methyl sites for hydroxylation is 1. The van der Waals surface area contributed by atoms with Gasteiger partial charge in [0.1, 0.15) is 21.4 Å². The summed E-state index contributed by atoms with van der Waals surface area (Å²) in [5, 5.41) is 7.36. The molecule has 2 heterocycles. The van der Waals surface area contributed by atoms with Gasteiger partial charge in [0.2, 0.25) is 0 Å². The van der Waals surface area contributed by atoms with E-state index in [1.54, 1.807) is 36.5 Å². The van der Waals surface area contributed by atoms with Crippen molar-refractivity contribution in [1.29, 1.82) is 0 Å². The zero-order valence-electron chi connectivity index (χ0n) is 16.3. The van der Waals surface area contributed by atoms with Crippen molar-refractivity contribution < 1.29 is 23.8 Å². The fourth-order valence-corrected chi connectivity index (χ4v) is 4.15. The van der Waals surface area contributed by atoms with Crippen molar-refractivity contribution in [2.45, 2.75) is 20.0 Å². The van der Waals surface area contributed by atoms with Gasteiger partial charge < -0.3 is 19.5 Å². The van der Waals surface area contributed by atoms with E-state index in [1.165, 1.54) is 32.5 Å². The highest BCUT2D eigenvalue weighted by atomic mass is 32.1. The first-order valence-corrected chi connectivity index (χ1v) is 10.4. The Hall–Kier alpha value is -2.91. The Bertz CT molecular complexity index is 992. The zero-order valence-corrected chi connectivity index (χ0v) is 18.0. The van der Waals surface area contributed by atoms with E-state index in [9.17, 15) is 9.59 Å². The first kappa shape index (κ1) is 20.8. The number of nitrogens with zero attached hydrogens (tertiary/aromatic N) is 1. The monoisotopic (exact) mass is 432 g/mol. The van der Waals surface area contributed by atoms with Gasteiger partial charge in [-0.3, -0.25) is 4.79 Å². The number of carbonyl (C=O) groups excluding carboxylic acids is 2. The molecule has 1 atom stereocenters. The molecule has 0 fully saturated rings. The van der Waals surface area contributed by atoms with E-state index in [-0.39, 0.29) is 0 Å². The van der Waals surface area contributed by atoms with Crippen LogP contribution in [0.15, 0.2) is 35.0 Å². The van der Waals surface area contributed by atoms with Crippen molar-refractivity contribution in [2.75, 3.05) is 19.5 Å². The summed E-state index contributed by atoms with van der Waals surface area (Å²) in [6.45, 7) is 3.26. The second-order valence-corrected chi connectivity index (χ2v) is 7.86. The number of hydrogen-bond acceptors (Lipinski definition) is 8. The van der Waals surface area contributed by atoms with Gasteiger partial charge in [-0.2, -0.15) is 11.3 Å².